The Bertz CT molecular complexity index is 287. The zero-order valence-electron chi connectivity index (χ0n) is 10.9. The highest BCUT2D eigenvalue weighted by atomic mass is 16.6. The fourth-order valence-electron chi connectivity index (χ4n) is 4.88. The monoisotopic (exact) mass is 237 g/mol. The van der Waals surface area contributed by atoms with Gasteiger partial charge in [-0.3, -0.25) is 0 Å². The molecule has 4 bridgehead atoms. The van der Waals surface area contributed by atoms with Crippen LogP contribution in [-0.4, -0.2) is 30.7 Å². The smallest absolute Gasteiger partial charge is 0.409 e. The van der Waals surface area contributed by atoms with Gasteiger partial charge in [0, 0.05) is 13.1 Å². The molecule has 4 aliphatic carbocycles. The number of hydrogen-bond donors (Lipinski definition) is 0. The van der Waals surface area contributed by atoms with Crippen LogP contribution in [0, 0.1) is 23.7 Å². The summed E-state index contributed by atoms with van der Waals surface area (Å²) in [6.07, 6.45) is 6.74. The van der Waals surface area contributed by atoms with Crippen LogP contribution in [0.1, 0.15) is 39.0 Å². The summed E-state index contributed by atoms with van der Waals surface area (Å²) in [4.78, 5) is 13.8. The summed E-state index contributed by atoms with van der Waals surface area (Å²) >= 11 is 0. The van der Waals surface area contributed by atoms with Crippen LogP contribution in [0.5, 0.6) is 0 Å². The molecule has 0 unspecified atom stereocenters. The zero-order chi connectivity index (χ0) is 12.0. The van der Waals surface area contributed by atoms with Crippen molar-refractivity contribution < 1.29 is 9.53 Å². The van der Waals surface area contributed by atoms with Gasteiger partial charge in [-0.05, 0) is 62.7 Å². The summed E-state index contributed by atoms with van der Waals surface area (Å²) in [6.45, 7) is 2.36. The quantitative estimate of drug-likeness (QED) is 0.739. The van der Waals surface area contributed by atoms with Gasteiger partial charge in [-0.2, -0.15) is 0 Å². The topological polar surface area (TPSA) is 29.5 Å². The first-order valence-electron chi connectivity index (χ1n) is 7.08. The van der Waals surface area contributed by atoms with Gasteiger partial charge in [-0.25, -0.2) is 4.79 Å². The van der Waals surface area contributed by atoms with Crippen LogP contribution in [0.3, 0.4) is 0 Å². The average molecular weight is 237 g/mol. The second kappa shape index (κ2) is 4.18. The molecule has 4 saturated carbocycles. The van der Waals surface area contributed by atoms with Crippen molar-refractivity contribution in [3.8, 4) is 0 Å². The van der Waals surface area contributed by atoms with E-state index >= 15 is 0 Å². The van der Waals surface area contributed by atoms with E-state index in [9.17, 15) is 4.79 Å². The maximum Gasteiger partial charge on any atom is 0.409 e. The Morgan fingerprint density at radius 3 is 2.12 bits per heavy atom. The van der Waals surface area contributed by atoms with Crippen molar-refractivity contribution in [2.75, 3.05) is 13.7 Å². The van der Waals surface area contributed by atoms with Crippen molar-refractivity contribution in [1.82, 2.24) is 4.90 Å². The molecule has 0 aromatic heterocycles. The van der Waals surface area contributed by atoms with Crippen LogP contribution in [0.4, 0.5) is 4.79 Å². The van der Waals surface area contributed by atoms with Crippen LogP contribution in [0.15, 0.2) is 0 Å². The van der Waals surface area contributed by atoms with Crippen LogP contribution < -0.4 is 0 Å². The third-order valence-corrected chi connectivity index (χ3v) is 5.18. The Labute approximate surface area is 104 Å². The highest BCUT2D eigenvalue weighted by Crippen LogP contribution is 2.54. The summed E-state index contributed by atoms with van der Waals surface area (Å²) in [5.41, 5.74) is 0. The number of hydrogen-bond acceptors (Lipinski definition) is 2. The van der Waals surface area contributed by atoms with Crippen molar-refractivity contribution in [3.63, 3.8) is 0 Å². The summed E-state index contributed by atoms with van der Waals surface area (Å²) in [5, 5.41) is 0. The Morgan fingerprint density at radius 2 is 1.65 bits per heavy atom. The lowest BCUT2D eigenvalue weighted by Gasteiger charge is -2.56. The van der Waals surface area contributed by atoms with E-state index in [2.05, 4.69) is 0 Å². The second-order valence-electron chi connectivity index (χ2n) is 6.23. The minimum absolute atomic E-state index is 0.120. The first kappa shape index (κ1) is 11.4. The normalized spacial score (nSPS) is 42.6. The predicted octanol–water partition coefficient (Wildman–Crippen LogP) is 2.90. The minimum atomic E-state index is -0.120. The fourth-order valence-corrected chi connectivity index (χ4v) is 4.88. The van der Waals surface area contributed by atoms with Gasteiger partial charge >= 0.3 is 6.09 Å². The summed E-state index contributed by atoms with van der Waals surface area (Å²) < 4.78 is 5.15. The van der Waals surface area contributed by atoms with E-state index in [1.807, 2.05) is 18.9 Å². The van der Waals surface area contributed by atoms with Crippen LogP contribution in [-0.2, 0) is 4.74 Å². The molecule has 0 spiro atoms. The van der Waals surface area contributed by atoms with Gasteiger partial charge in [0.15, 0.2) is 0 Å². The molecular formula is C14H23NO2. The molecule has 4 aliphatic rings. The van der Waals surface area contributed by atoms with E-state index in [-0.39, 0.29) is 6.09 Å². The fraction of sp³-hybridized carbons (Fsp3) is 0.929. The molecule has 0 aromatic carbocycles. The number of nitrogens with zero attached hydrogens (tertiary/aromatic N) is 1. The van der Waals surface area contributed by atoms with Crippen molar-refractivity contribution in [3.05, 3.63) is 0 Å². The first-order chi connectivity index (χ1) is 8.19. The van der Waals surface area contributed by atoms with Gasteiger partial charge in [-0.1, -0.05) is 0 Å². The summed E-state index contributed by atoms with van der Waals surface area (Å²) in [7, 11) is 1.94. The highest BCUT2D eigenvalue weighted by Gasteiger charge is 2.50. The van der Waals surface area contributed by atoms with Crippen LogP contribution in [0.25, 0.3) is 0 Å². The molecule has 0 aromatic rings. The first-order valence-corrected chi connectivity index (χ1v) is 7.08. The molecule has 3 heteroatoms. The summed E-state index contributed by atoms with van der Waals surface area (Å²) in [5.74, 6) is 3.43. The van der Waals surface area contributed by atoms with Gasteiger partial charge in [0.2, 0.25) is 0 Å². The number of rotatable bonds is 2. The maximum absolute atomic E-state index is 11.9. The molecule has 4 fully saturated rings. The molecule has 17 heavy (non-hydrogen) atoms. The molecule has 96 valence electrons. The lowest BCUT2D eigenvalue weighted by atomic mass is 9.54. The van der Waals surface area contributed by atoms with Crippen molar-refractivity contribution in [2.45, 2.75) is 45.1 Å². The molecule has 0 radical (unpaired) electrons. The van der Waals surface area contributed by atoms with E-state index in [4.69, 9.17) is 4.74 Å². The Morgan fingerprint density at radius 1 is 1.12 bits per heavy atom. The highest BCUT2D eigenvalue weighted by molar-refractivity contribution is 5.67. The minimum Gasteiger partial charge on any atom is -0.450 e. The Balaban J connectivity index is 1.73. The molecule has 0 N–H and O–H groups in total. The molecule has 0 aliphatic heterocycles. The largest absolute Gasteiger partial charge is 0.450 e. The van der Waals surface area contributed by atoms with Crippen LogP contribution >= 0.6 is 0 Å². The average Bonchev–Trinajstić information content (AvgIpc) is 2.27. The lowest BCUT2D eigenvalue weighted by Crippen LogP contribution is -2.56. The zero-order valence-corrected chi connectivity index (χ0v) is 10.9. The molecule has 0 saturated heterocycles. The Kier molecular flexibility index (Phi) is 2.80. The molecule has 3 nitrogen and oxygen atoms in total. The SMILES string of the molecule is CCOC(=O)N(C)C1C2CC3CC(C2)CC1C3. The maximum atomic E-state index is 11.9. The van der Waals surface area contributed by atoms with Gasteiger partial charge in [0.25, 0.3) is 0 Å². The van der Waals surface area contributed by atoms with E-state index < -0.39 is 0 Å². The Hall–Kier alpha value is -0.730. The van der Waals surface area contributed by atoms with Gasteiger partial charge in [0.05, 0.1) is 6.61 Å². The predicted molar refractivity (Wildman–Crippen MR) is 65.6 cm³/mol. The van der Waals surface area contributed by atoms with Crippen molar-refractivity contribution in [2.24, 2.45) is 23.7 Å². The van der Waals surface area contributed by atoms with E-state index in [0.717, 1.165) is 23.7 Å². The van der Waals surface area contributed by atoms with Gasteiger partial charge in [-0.15, -0.1) is 0 Å². The van der Waals surface area contributed by atoms with Crippen molar-refractivity contribution in [1.29, 1.82) is 0 Å². The third kappa shape index (κ3) is 1.84. The molecule has 1 amide bonds. The molecule has 4 rings (SSSR count). The standard InChI is InChI=1S/C14H23NO2/c1-3-17-14(16)15(2)13-11-5-9-4-10(7-11)8-12(13)6-9/h9-13H,3-8H2,1-2H3. The van der Waals surface area contributed by atoms with E-state index in [0.29, 0.717) is 12.6 Å². The lowest BCUT2D eigenvalue weighted by molar-refractivity contribution is -0.0536. The molecule has 0 atom stereocenters. The van der Waals surface area contributed by atoms with E-state index in [1.54, 1.807) is 0 Å². The second-order valence-corrected chi connectivity index (χ2v) is 6.23. The number of amides is 1. The number of carbonyl (C=O) groups is 1. The van der Waals surface area contributed by atoms with Gasteiger partial charge in [0.1, 0.15) is 0 Å². The van der Waals surface area contributed by atoms with E-state index in [1.165, 1.54) is 32.1 Å². The number of ether oxygens (including phenoxy) is 1. The number of carbonyl (C=O) groups excluding carboxylic acids is 1. The molecular weight excluding hydrogens is 214 g/mol. The third-order valence-electron chi connectivity index (χ3n) is 5.18. The summed E-state index contributed by atoms with van der Waals surface area (Å²) in [6, 6.07) is 0.460. The van der Waals surface area contributed by atoms with Crippen LogP contribution in [0.2, 0.25) is 0 Å². The molecule has 0 heterocycles. The van der Waals surface area contributed by atoms with Gasteiger partial charge < -0.3 is 9.64 Å². The van der Waals surface area contributed by atoms with Crippen molar-refractivity contribution >= 4 is 6.09 Å².